The van der Waals surface area contributed by atoms with Crippen LogP contribution < -0.4 is 0 Å². The summed E-state index contributed by atoms with van der Waals surface area (Å²) in [6, 6.07) is 20.8. The monoisotopic (exact) mass is 460 g/mol. The van der Waals surface area contributed by atoms with Crippen molar-refractivity contribution in [3.63, 3.8) is 0 Å². The van der Waals surface area contributed by atoms with Crippen molar-refractivity contribution in [2.75, 3.05) is 32.7 Å². The summed E-state index contributed by atoms with van der Waals surface area (Å²) in [7, 11) is 0. The van der Waals surface area contributed by atoms with Crippen LogP contribution in [-0.4, -0.2) is 59.6 Å². The quantitative estimate of drug-likeness (QED) is 0.587. The van der Waals surface area contributed by atoms with Crippen LogP contribution in [0.3, 0.4) is 0 Å². The summed E-state index contributed by atoms with van der Waals surface area (Å²) < 4.78 is 13.3. The number of benzene rings is 3. The van der Waals surface area contributed by atoms with E-state index < -0.39 is 6.10 Å². The number of hydrogen-bond acceptors (Lipinski definition) is 3. The van der Waals surface area contributed by atoms with Crippen molar-refractivity contribution >= 4 is 16.7 Å². The molecule has 3 aromatic rings. The number of rotatable bonds is 5. The first-order valence-corrected chi connectivity index (χ1v) is 12.4. The van der Waals surface area contributed by atoms with E-state index in [0.29, 0.717) is 19.0 Å². The normalized spacial score (nSPS) is 22.9. The highest BCUT2D eigenvalue weighted by atomic mass is 19.1. The zero-order chi connectivity index (χ0) is 23.7. The van der Waals surface area contributed by atoms with Crippen LogP contribution in [0.25, 0.3) is 10.8 Å². The van der Waals surface area contributed by atoms with Gasteiger partial charge in [0.1, 0.15) is 5.82 Å². The molecule has 2 saturated heterocycles. The maximum absolute atomic E-state index is 13.5. The van der Waals surface area contributed by atoms with Crippen LogP contribution in [0.15, 0.2) is 66.7 Å². The first-order valence-electron chi connectivity index (χ1n) is 12.4. The van der Waals surface area contributed by atoms with Crippen LogP contribution >= 0.6 is 0 Å². The molecule has 0 aliphatic carbocycles. The van der Waals surface area contributed by atoms with Crippen LogP contribution in [0.4, 0.5) is 4.39 Å². The Morgan fingerprint density at radius 1 is 1.00 bits per heavy atom. The molecule has 2 aliphatic heterocycles. The predicted octanol–water partition coefficient (Wildman–Crippen LogP) is 4.93. The molecule has 3 aromatic carbocycles. The van der Waals surface area contributed by atoms with E-state index in [4.69, 9.17) is 0 Å². The number of aliphatic hydroxyl groups is 1. The van der Waals surface area contributed by atoms with Crippen LogP contribution in [0.2, 0.25) is 0 Å². The predicted molar refractivity (Wildman–Crippen MR) is 133 cm³/mol. The number of likely N-dealkylation sites (tertiary alicyclic amines) is 2. The minimum Gasteiger partial charge on any atom is -0.393 e. The third-order valence-electron chi connectivity index (χ3n) is 7.84. The number of amides is 1. The van der Waals surface area contributed by atoms with E-state index in [0.717, 1.165) is 48.8 Å². The first-order chi connectivity index (χ1) is 16.5. The Morgan fingerprint density at radius 2 is 1.71 bits per heavy atom. The second-order valence-electron chi connectivity index (χ2n) is 10.0. The Hall–Kier alpha value is -2.76. The Kier molecular flexibility index (Phi) is 6.66. The lowest BCUT2D eigenvalue weighted by molar-refractivity contribution is 0.0758. The molecule has 0 bridgehead atoms. The summed E-state index contributed by atoms with van der Waals surface area (Å²) >= 11 is 0. The number of carbonyl (C=O) groups excluding carboxylic acids is 1. The maximum Gasteiger partial charge on any atom is 0.254 e. The molecule has 3 atom stereocenters. The lowest BCUT2D eigenvalue weighted by Gasteiger charge is -2.35. The van der Waals surface area contributed by atoms with Crippen LogP contribution in [-0.2, 0) is 0 Å². The topological polar surface area (TPSA) is 43.8 Å². The average molecular weight is 461 g/mol. The Labute approximate surface area is 201 Å². The molecule has 0 radical (unpaired) electrons. The van der Waals surface area contributed by atoms with Gasteiger partial charge in [-0.1, -0.05) is 48.5 Å². The van der Waals surface area contributed by atoms with Crippen molar-refractivity contribution in [2.45, 2.75) is 31.8 Å². The summed E-state index contributed by atoms with van der Waals surface area (Å²) in [6.07, 6.45) is 1.65. The maximum atomic E-state index is 13.5. The van der Waals surface area contributed by atoms with E-state index in [1.54, 1.807) is 12.1 Å². The van der Waals surface area contributed by atoms with Crippen LogP contribution in [0.1, 0.15) is 41.6 Å². The highest BCUT2D eigenvalue weighted by molar-refractivity contribution is 6.07. The van der Waals surface area contributed by atoms with Gasteiger partial charge in [-0.25, -0.2) is 4.39 Å². The summed E-state index contributed by atoms with van der Waals surface area (Å²) in [5.41, 5.74) is 1.96. The molecule has 0 spiro atoms. The van der Waals surface area contributed by atoms with Crippen molar-refractivity contribution in [1.82, 2.24) is 9.80 Å². The Morgan fingerprint density at radius 3 is 2.44 bits per heavy atom. The van der Waals surface area contributed by atoms with Gasteiger partial charge in [0, 0.05) is 31.1 Å². The molecule has 34 heavy (non-hydrogen) atoms. The van der Waals surface area contributed by atoms with Crippen LogP contribution in [0.5, 0.6) is 0 Å². The van der Waals surface area contributed by atoms with Gasteiger partial charge in [0.05, 0.1) is 6.10 Å². The van der Waals surface area contributed by atoms with Gasteiger partial charge in [-0.05, 0) is 79.2 Å². The largest absolute Gasteiger partial charge is 0.393 e. The Balaban J connectivity index is 1.24. The fraction of sp³-hybridized carbons (Fsp3) is 0.414. The van der Waals surface area contributed by atoms with Gasteiger partial charge in [-0.2, -0.15) is 0 Å². The summed E-state index contributed by atoms with van der Waals surface area (Å²) in [4.78, 5) is 17.9. The fourth-order valence-electron chi connectivity index (χ4n) is 5.90. The number of aliphatic hydroxyl groups excluding tert-OH is 1. The minimum atomic E-state index is -0.452. The number of fused-ring (bicyclic) bond motifs is 1. The lowest BCUT2D eigenvalue weighted by atomic mass is 9.87. The van der Waals surface area contributed by atoms with E-state index in [2.05, 4.69) is 4.90 Å². The molecule has 1 unspecified atom stereocenters. The molecule has 178 valence electrons. The van der Waals surface area contributed by atoms with Gasteiger partial charge < -0.3 is 14.9 Å². The number of carbonyl (C=O) groups is 1. The highest BCUT2D eigenvalue weighted by Crippen LogP contribution is 2.33. The van der Waals surface area contributed by atoms with Crippen molar-refractivity contribution in [2.24, 2.45) is 11.8 Å². The number of halogens is 1. The molecule has 4 nitrogen and oxygen atoms in total. The molecule has 5 heteroatoms. The SMILES string of the molecule is C[C@@H](O)C1CN(C(=O)c2cccc3ccccc23)C[C@H]1CN1CCC(c2ccc(F)cc2)CC1. The molecule has 2 heterocycles. The second kappa shape index (κ2) is 9.85. The average Bonchev–Trinajstić information content (AvgIpc) is 3.28. The van der Waals surface area contributed by atoms with E-state index in [-0.39, 0.29) is 23.6 Å². The zero-order valence-corrected chi connectivity index (χ0v) is 19.7. The molecule has 1 N–H and O–H groups in total. The molecule has 1 amide bonds. The summed E-state index contributed by atoms with van der Waals surface area (Å²) in [5.74, 6) is 0.668. The van der Waals surface area contributed by atoms with Gasteiger partial charge in [0.2, 0.25) is 0 Å². The lowest BCUT2D eigenvalue weighted by Crippen LogP contribution is -2.40. The first kappa shape index (κ1) is 23.0. The zero-order valence-electron chi connectivity index (χ0n) is 19.7. The van der Waals surface area contributed by atoms with Gasteiger partial charge in [-0.3, -0.25) is 4.79 Å². The van der Waals surface area contributed by atoms with Crippen molar-refractivity contribution in [1.29, 1.82) is 0 Å². The summed E-state index contributed by atoms with van der Waals surface area (Å²) in [6.45, 7) is 5.99. The van der Waals surface area contributed by atoms with Gasteiger partial charge in [0.15, 0.2) is 0 Å². The Bertz CT molecular complexity index is 1130. The molecule has 0 aromatic heterocycles. The number of nitrogens with zero attached hydrogens (tertiary/aromatic N) is 2. The minimum absolute atomic E-state index is 0.0555. The van der Waals surface area contributed by atoms with E-state index >= 15 is 0 Å². The smallest absolute Gasteiger partial charge is 0.254 e. The van der Waals surface area contributed by atoms with Crippen molar-refractivity contribution in [3.05, 3.63) is 83.7 Å². The standard InChI is InChI=1S/C29H33FN2O2/c1-20(33)28-19-32(29(34)27-8-4-6-23-5-2-3-7-26(23)27)18-24(28)17-31-15-13-22(14-16-31)21-9-11-25(30)12-10-21/h2-12,20,22,24,28,33H,13-19H2,1H3/t20-,24-,28?/m1/s1. The highest BCUT2D eigenvalue weighted by Gasteiger charge is 2.39. The molecule has 0 saturated carbocycles. The molecule has 2 aliphatic rings. The fourth-order valence-corrected chi connectivity index (χ4v) is 5.90. The number of piperidine rings is 1. The molecule has 2 fully saturated rings. The molecule has 5 rings (SSSR count). The molecular formula is C29H33FN2O2. The third-order valence-corrected chi connectivity index (χ3v) is 7.84. The summed E-state index contributed by atoms with van der Waals surface area (Å²) in [5, 5.41) is 12.6. The third kappa shape index (κ3) is 4.73. The van der Waals surface area contributed by atoms with Crippen LogP contribution in [0, 0.1) is 17.7 Å². The van der Waals surface area contributed by atoms with E-state index in [1.807, 2.05) is 66.4 Å². The van der Waals surface area contributed by atoms with E-state index in [9.17, 15) is 14.3 Å². The van der Waals surface area contributed by atoms with Crippen molar-refractivity contribution in [3.8, 4) is 0 Å². The van der Waals surface area contributed by atoms with Gasteiger partial charge in [0.25, 0.3) is 5.91 Å². The van der Waals surface area contributed by atoms with Gasteiger partial charge >= 0.3 is 0 Å². The van der Waals surface area contributed by atoms with Crippen molar-refractivity contribution < 1.29 is 14.3 Å². The number of hydrogen-bond donors (Lipinski definition) is 1. The molecular weight excluding hydrogens is 427 g/mol. The second-order valence-corrected chi connectivity index (χ2v) is 10.0. The van der Waals surface area contributed by atoms with Gasteiger partial charge in [-0.15, -0.1) is 0 Å². The van der Waals surface area contributed by atoms with E-state index in [1.165, 1.54) is 5.56 Å².